The zero-order chi connectivity index (χ0) is 20.7. The minimum Gasteiger partial charge on any atom is -0.338 e. The van der Waals surface area contributed by atoms with E-state index in [4.69, 9.17) is 0 Å². The van der Waals surface area contributed by atoms with E-state index in [9.17, 15) is 0 Å². The van der Waals surface area contributed by atoms with E-state index in [2.05, 4.69) is 24.8 Å². The molecule has 148 valence electrons. The van der Waals surface area contributed by atoms with Crippen LogP contribution < -0.4 is 0 Å². The normalized spacial score (nSPS) is 11.6. The Kier molecular flexibility index (Phi) is 4.48. The van der Waals surface area contributed by atoms with Gasteiger partial charge in [-0.3, -0.25) is 9.97 Å². The molecule has 4 heterocycles. The fraction of sp³-hybridized carbons (Fsp3) is 0.125. The number of benzene rings is 1. The van der Waals surface area contributed by atoms with Gasteiger partial charge in [0.05, 0.1) is 23.6 Å². The van der Waals surface area contributed by atoms with Crippen molar-refractivity contribution in [3.8, 4) is 22.4 Å². The number of nitrogens with one attached hydrogen (secondary N) is 1. The van der Waals surface area contributed by atoms with E-state index in [1.54, 1.807) is 18.6 Å². The molecule has 0 aliphatic carbocycles. The third kappa shape index (κ3) is 3.11. The van der Waals surface area contributed by atoms with Crippen molar-refractivity contribution in [3.05, 3.63) is 78.6 Å². The highest BCUT2D eigenvalue weighted by Crippen LogP contribution is 2.38. The predicted octanol–water partition coefficient (Wildman–Crippen LogP) is 5.04. The molecule has 0 aliphatic rings. The number of aromatic amines is 1. The van der Waals surface area contributed by atoms with Gasteiger partial charge in [0.15, 0.2) is 0 Å². The molecule has 0 amide bonds. The molecule has 5 rings (SSSR count). The molecule has 0 radical (unpaired) electrons. The molecule has 5 nitrogen and oxygen atoms in total. The third-order valence-electron chi connectivity index (χ3n) is 5.19. The molecule has 6 heteroatoms. The molecule has 1 aromatic carbocycles. The lowest BCUT2D eigenvalue weighted by molar-refractivity contribution is 0.403. The number of fused-ring (bicyclic) bond motifs is 3. The Morgan fingerprint density at radius 1 is 1.00 bits per heavy atom. The Bertz CT molecular complexity index is 1360. The molecule has 0 saturated carbocycles. The van der Waals surface area contributed by atoms with Crippen LogP contribution >= 0.6 is 0 Å². The molecule has 0 saturated heterocycles. The van der Waals surface area contributed by atoms with Crippen molar-refractivity contribution in [2.45, 2.75) is 6.54 Å². The predicted molar refractivity (Wildman–Crippen MR) is 117 cm³/mol. The zero-order valence-corrected chi connectivity index (χ0v) is 16.7. The second kappa shape index (κ2) is 7.31. The maximum Gasteiger partial charge on any atom is 0.150 e. The third-order valence-corrected chi connectivity index (χ3v) is 5.19. The Labute approximate surface area is 173 Å². The summed E-state index contributed by atoms with van der Waals surface area (Å²) >= 11 is 0. The van der Waals surface area contributed by atoms with E-state index in [0.717, 1.165) is 38.7 Å². The zero-order valence-electron chi connectivity index (χ0n) is 16.7. The smallest absolute Gasteiger partial charge is 0.150 e. The van der Waals surface area contributed by atoms with Crippen molar-refractivity contribution >= 4 is 21.9 Å². The van der Waals surface area contributed by atoms with Gasteiger partial charge in [-0.25, -0.2) is 9.37 Å². The molecule has 0 aliphatic heterocycles. The number of nitrogens with zero attached hydrogens (tertiary/aromatic N) is 4. The fourth-order valence-electron chi connectivity index (χ4n) is 3.91. The largest absolute Gasteiger partial charge is 0.338 e. The summed E-state index contributed by atoms with van der Waals surface area (Å²) in [4.78, 5) is 18.4. The van der Waals surface area contributed by atoms with Gasteiger partial charge in [0, 0.05) is 40.8 Å². The van der Waals surface area contributed by atoms with Crippen LogP contribution in [0.1, 0.15) is 5.56 Å². The average molecular weight is 397 g/mol. The first-order valence-corrected chi connectivity index (χ1v) is 9.71. The summed E-state index contributed by atoms with van der Waals surface area (Å²) in [7, 11) is 4.01. The maximum absolute atomic E-state index is 15.2. The van der Waals surface area contributed by atoms with Crippen LogP contribution in [0.4, 0.5) is 4.39 Å². The summed E-state index contributed by atoms with van der Waals surface area (Å²) in [6.07, 6.45) is 6.56. The lowest BCUT2D eigenvalue weighted by Gasteiger charge is -2.15. The molecule has 30 heavy (non-hydrogen) atoms. The first-order valence-electron chi connectivity index (χ1n) is 9.71. The van der Waals surface area contributed by atoms with Gasteiger partial charge in [0.25, 0.3) is 0 Å². The van der Waals surface area contributed by atoms with Crippen LogP contribution in [-0.2, 0) is 6.54 Å². The molecule has 0 spiro atoms. The van der Waals surface area contributed by atoms with Crippen molar-refractivity contribution in [1.29, 1.82) is 0 Å². The summed E-state index contributed by atoms with van der Waals surface area (Å²) in [5.41, 5.74) is 5.66. The summed E-state index contributed by atoms with van der Waals surface area (Å²) in [6.45, 7) is 0.713. The first kappa shape index (κ1) is 18.4. The average Bonchev–Trinajstić information content (AvgIpc) is 3.12. The van der Waals surface area contributed by atoms with E-state index >= 15 is 4.39 Å². The fourth-order valence-corrected chi connectivity index (χ4v) is 3.91. The van der Waals surface area contributed by atoms with Gasteiger partial charge >= 0.3 is 0 Å². The van der Waals surface area contributed by atoms with Crippen molar-refractivity contribution in [1.82, 2.24) is 24.8 Å². The number of pyridine rings is 3. The minimum atomic E-state index is -0.339. The Morgan fingerprint density at radius 3 is 2.67 bits per heavy atom. The number of H-pyrrole nitrogens is 1. The Hall–Kier alpha value is -3.64. The minimum absolute atomic E-state index is 0.339. The molecule has 0 fully saturated rings. The van der Waals surface area contributed by atoms with E-state index in [-0.39, 0.29) is 5.82 Å². The molecule has 5 aromatic rings. The quantitative estimate of drug-likeness (QED) is 0.462. The molecule has 0 atom stereocenters. The van der Waals surface area contributed by atoms with Gasteiger partial charge < -0.3 is 9.88 Å². The van der Waals surface area contributed by atoms with Crippen molar-refractivity contribution in [2.75, 3.05) is 14.1 Å². The van der Waals surface area contributed by atoms with Gasteiger partial charge in [0.2, 0.25) is 0 Å². The molecule has 0 unspecified atom stereocenters. The summed E-state index contributed by atoms with van der Waals surface area (Å²) in [5, 5.41) is 1.66. The lowest BCUT2D eigenvalue weighted by Crippen LogP contribution is -2.11. The monoisotopic (exact) mass is 397 g/mol. The molecule has 4 aromatic heterocycles. The lowest BCUT2D eigenvalue weighted by atomic mass is 9.96. The highest BCUT2D eigenvalue weighted by Gasteiger charge is 2.19. The van der Waals surface area contributed by atoms with E-state index < -0.39 is 0 Å². The summed E-state index contributed by atoms with van der Waals surface area (Å²) in [6, 6.07) is 13.8. The SMILES string of the molecule is CN(C)Cc1ccccc1-c1c(F)cnc2[nH]c3cnc(-c4cccnc4)cc3c12. The van der Waals surface area contributed by atoms with E-state index in [1.165, 1.54) is 6.20 Å². The van der Waals surface area contributed by atoms with Gasteiger partial charge in [0.1, 0.15) is 11.5 Å². The van der Waals surface area contributed by atoms with Crippen LogP contribution in [0.25, 0.3) is 44.3 Å². The van der Waals surface area contributed by atoms with Crippen LogP contribution in [0.2, 0.25) is 0 Å². The molecule has 0 bridgehead atoms. The van der Waals surface area contributed by atoms with Gasteiger partial charge in [-0.05, 0) is 43.4 Å². The van der Waals surface area contributed by atoms with Crippen molar-refractivity contribution in [2.24, 2.45) is 0 Å². The molecule has 1 N–H and O–H groups in total. The van der Waals surface area contributed by atoms with Gasteiger partial charge in [-0.15, -0.1) is 0 Å². The summed E-state index contributed by atoms with van der Waals surface area (Å²) in [5.74, 6) is -0.339. The van der Waals surface area contributed by atoms with Crippen molar-refractivity contribution in [3.63, 3.8) is 0 Å². The number of hydrogen-bond donors (Lipinski definition) is 1. The second-order valence-corrected chi connectivity index (χ2v) is 7.58. The van der Waals surface area contributed by atoms with Crippen LogP contribution in [0, 0.1) is 5.82 Å². The number of rotatable bonds is 4. The number of hydrogen-bond acceptors (Lipinski definition) is 4. The topological polar surface area (TPSA) is 57.7 Å². The van der Waals surface area contributed by atoms with Crippen LogP contribution in [0.15, 0.2) is 67.3 Å². The van der Waals surface area contributed by atoms with Crippen LogP contribution in [0.5, 0.6) is 0 Å². The van der Waals surface area contributed by atoms with Crippen molar-refractivity contribution < 1.29 is 4.39 Å². The standard InChI is InChI=1S/C24H20FN5/c1-30(2)14-16-6-3-4-8-17(16)22-19(25)12-28-24-23(22)18-10-20(27-13-21(18)29-24)15-7-5-9-26-11-15/h3-13H,14H2,1-2H3,(H,28,29). The second-order valence-electron chi connectivity index (χ2n) is 7.58. The molecular formula is C24H20FN5. The Morgan fingerprint density at radius 2 is 1.87 bits per heavy atom. The summed E-state index contributed by atoms with van der Waals surface area (Å²) < 4.78 is 15.2. The number of halogens is 1. The highest BCUT2D eigenvalue weighted by molar-refractivity contribution is 6.13. The van der Waals surface area contributed by atoms with E-state index in [1.807, 2.05) is 56.6 Å². The molecular weight excluding hydrogens is 377 g/mol. The van der Waals surface area contributed by atoms with Crippen LogP contribution in [0.3, 0.4) is 0 Å². The van der Waals surface area contributed by atoms with E-state index in [0.29, 0.717) is 17.8 Å². The Balaban J connectivity index is 1.82. The van der Waals surface area contributed by atoms with Gasteiger partial charge in [-0.2, -0.15) is 0 Å². The maximum atomic E-state index is 15.2. The first-order chi connectivity index (χ1) is 14.6. The number of aromatic nitrogens is 4. The van der Waals surface area contributed by atoms with Gasteiger partial charge in [-0.1, -0.05) is 24.3 Å². The van der Waals surface area contributed by atoms with Crippen LogP contribution in [-0.4, -0.2) is 38.9 Å². The highest BCUT2D eigenvalue weighted by atomic mass is 19.1.